The molecule has 3 aromatic carbocycles. The summed E-state index contributed by atoms with van der Waals surface area (Å²) in [4.78, 5) is 13.3. The van der Waals surface area contributed by atoms with Gasteiger partial charge in [0.15, 0.2) is 17.6 Å². The van der Waals surface area contributed by atoms with Crippen LogP contribution in [0, 0.1) is 25.2 Å². The van der Waals surface area contributed by atoms with E-state index in [1.54, 1.807) is 30.3 Å². The van der Waals surface area contributed by atoms with Gasteiger partial charge in [-0.1, -0.05) is 59.7 Å². The molecule has 0 heterocycles. The monoisotopic (exact) mass is 371 g/mol. The Morgan fingerprint density at radius 2 is 1.50 bits per heavy atom. The van der Waals surface area contributed by atoms with E-state index in [1.165, 1.54) is 7.11 Å². The molecule has 4 nitrogen and oxygen atoms in total. The zero-order chi connectivity index (χ0) is 20.1. The normalized spacial score (nSPS) is 11.4. The molecule has 3 aromatic rings. The number of aryl methyl sites for hydroxylation is 2. The number of methoxy groups -OCH3 is 1. The molecule has 4 heteroatoms. The van der Waals surface area contributed by atoms with Gasteiger partial charge in [-0.3, -0.25) is 4.79 Å². The van der Waals surface area contributed by atoms with Crippen molar-refractivity contribution in [3.05, 3.63) is 94.5 Å². The van der Waals surface area contributed by atoms with Gasteiger partial charge in [0, 0.05) is 17.2 Å². The summed E-state index contributed by atoms with van der Waals surface area (Å²) in [6.07, 6.45) is -0.829. The number of ether oxygens (including phenoxy) is 2. The average Bonchev–Trinajstić information content (AvgIpc) is 2.73. The zero-order valence-electron chi connectivity index (χ0n) is 16.1. The lowest BCUT2D eigenvalue weighted by molar-refractivity contribution is 0.0787. The molecule has 0 amide bonds. The number of hydrogen-bond donors (Lipinski definition) is 0. The number of nitrogens with zero attached hydrogens (tertiary/aromatic N) is 1. The summed E-state index contributed by atoms with van der Waals surface area (Å²) < 4.78 is 11.5. The highest BCUT2D eigenvalue weighted by Crippen LogP contribution is 2.33. The smallest absolute Gasteiger partial charge is 0.207 e. The molecule has 28 heavy (non-hydrogen) atoms. The lowest BCUT2D eigenvalue weighted by Crippen LogP contribution is -2.19. The molecule has 0 N–H and O–H groups in total. The van der Waals surface area contributed by atoms with E-state index < -0.39 is 6.10 Å². The van der Waals surface area contributed by atoms with E-state index in [0.29, 0.717) is 22.6 Å². The number of carbonyl (C=O) groups is 1. The fraction of sp³-hybridized carbons (Fsp3) is 0.167. The van der Waals surface area contributed by atoms with Crippen molar-refractivity contribution in [3.63, 3.8) is 0 Å². The Balaban J connectivity index is 2.02. The summed E-state index contributed by atoms with van der Waals surface area (Å²) in [7, 11) is 1.51. The van der Waals surface area contributed by atoms with E-state index in [4.69, 9.17) is 14.7 Å². The Morgan fingerprint density at radius 3 is 2.07 bits per heavy atom. The summed E-state index contributed by atoms with van der Waals surface area (Å²) in [5.41, 5.74) is 3.96. The minimum atomic E-state index is -0.829. The van der Waals surface area contributed by atoms with Crippen LogP contribution in [0.25, 0.3) is 0 Å². The van der Waals surface area contributed by atoms with Gasteiger partial charge in [0.25, 0.3) is 0 Å². The second-order valence-corrected chi connectivity index (χ2v) is 6.62. The third-order valence-corrected chi connectivity index (χ3v) is 4.49. The second kappa shape index (κ2) is 8.41. The van der Waals surface area contributed by atoms with E-state index in [-0.39, 0.29) is 5.78 Å². The summed E-state index contributed by atoms with van der Waals surface area (Å²) in [6.45, 7) is 3.97. The third kappa shape index (κ3) is 4.21. The van der Waals surface area contributed by atoms with Gasteiger partial charge >= 0.3 is 0 Å². The lowest BCUT2D eigenvalue weighted by Gasteiger charge is -2.20. The van der Waals surface area contributed by atoms with Gasteiger partial charge in [-0.2, -0.15) is 5.26 Å². The predicted molar refractivity (Wildman–Crippen MR) is 108 cm³/mol. The predicted octanol–water partition coefficient (Wildman–Crippen LogP) is 5.19. The molecule has 0 spiro atoms. The average molecular weight is 371 g/mol. The summed E-state index contributed by atoms with van der Waals surface area (Å²) >= 11 is 0. The van der Waals surface area contributed by atoms with Crippen molar-refractivity contribution in [2.24, 2.45) is 0 Å². The van der Waals surface area contributed by atoms with Crippen LogP contribution in [0.4, 0.5) is 0 Å². The standard InChI is InChI=1S/C24H21NO3/c1-16-4-9-19(10-5-16)23(26)24(20-11-6-17(2)7-12-20)28-21-13-8-18(15-25)14-22(21)27-3/h4-14,24H,1-3H3/t24-/m1/s1. The molecule has 3 rings (SSSR count). The van der Waals surface area contributed by atoms with Crippen molar-refractivity contribution < 1.29 is 14.3 Å². The Kier molecular flexibility index (Phi) is 5.76. The van der Waals surface area contributed by atoms with Crippen molar-refractivity contribution in [2.75, 3.05) is 7.11 Å². The van der Waals surface area contributed by atoms with Gasteiger partial charge in [0.1, 0.15) is 0 Å². The van der Waals surface area contributed by atoms with Crippen LogP contribution in [0.1, 0.15) is 38.7 Å². The van der Waals surface area contributed by atoms with Gasteiger partial charge in [-0.15, -0.1) is 0 Å². The zero-order valence-corrected chi connectivity index (χ0v) is 16.1. The molecular formula is C24H21NO3. The lowest BCUT2D eigenvalue weighted by atomic mass is 9.98. The van der Waals surface area contributed by atoms with Crippen molar-refractivity contribution in [1.29, 1.82) is 5.26 Å². The van der Waals surface area contributed by atoms with Gasteiger partial charge in [0.05, 0.1) is 18.7 Å². The fourth-order valence-electron chi connectivity index (χ4n) is 2.84. The van der Waals surface area contributed by atoms with Crippen molar-refractivity contribution in [3.8, 4) is 17.6 Å². The molecule has 0 aromatic heterocycles. The molecular weight excluding hydrogens is 350 g/mol. The first-order valence-electron chi connectivity index (χ1n) is 8.94. The molecule has 1 atom stereocenters. The molecule has 0 saturated carbocycles. The van der Waals surface area contributed by atoms with Crippen LogP contribution in [0.2, 0.25) is 0 Å². The van der Waals surface area contributed by atoms with E-state index in [9.17, 15) is 4.79 Å². The number of nitriles is 1. The number of Topliss-reactive ketones (excluding diaryl/α,β-unsaturated/α-hetero) is 1. The van der Waals surface area contributed by atoms with Crippen LogP contribution in [0.3, 0.4) is 0 Å². The minimum Gasteiger partial charge on any atom is -0.493 e. The number of rotatable bonds is 6. The number of benzene rings is 3. The van der Waals surface area contributed by atoms with Gasteiger partial charge < -0.3 is 9.47 Å². The summed E-state index contributed by atoms with van der Waals surface area (Å²) in [5.74, 6) is 0.677. The molecule has 0 saturated heterocycles. The molecule has 0 unspecified atom stereocenters. The van der Waals surface area contributed by atoms with E-state index in [1.807, 2.05) is 50.2 Å². The molecule has 0 aliphatic carbocycles. The van der Waals surface area contributed by atoms with Crippen LogP contribution < -0.4 is 9.47 Å². The molecule has 0 aliphatic heterocycles. The van der Waals surface area contributed by atoms with Crippen LogP contribution >= 0.6 is 0 Å². The highest BCUT2D eigenvalue weighted by Gasteiger charge is 2.25. The Bertz CT molecular complexity index is 1020. The Labute approximate surface area is 165 Å². The second-order valence-electron chi connectivity index (χ2n) is 6.62. The largest absolute Gasteiger partial charge is 0.493 e. The number of hydrogen-bond acceptors (Lipinski definition) is 4. The maximum Gasteiger partial charge on any atom is 0.207 e. The van der Waals surface area contributed by atoms with Crippen molar-refractivity contribution in [1.82, 2.24) is 0 Å². The van der Waals surface area contributed by atoms with E-state index in [2.05, 4.69) is 6.07 Å². The van der Waals surface area contributed by atoms with Crippen LogP contribution in [0.5, 0.6) is 11.5 Å². The Morgan fingerprint density at radius 1 is 0.893 bits per heavy atom. The molecule has 0 fully saturated rings. The van der Waals surface area contributed by atoms with Crippen LogP contribution in [-0.2, 0) is 0 Å². The third-order valence-electron chi connectivity index (χ3n) is 4.49. The van der Waals surface area contributed by atoms with Crippen LogP contribution in [-0.4, -0.2) is 12.9 Å². The quantitative estimate of drug-likeness (QED) is 0.560. The number of carbonyl (C=O) groups excluding carboxylic acids is 1. The topological polar surface area (TPSA) is 59.3 Å². The first kappa shape index (κ1) is 19.2. The Hall–Kier alpha value is -3.58. The highest BCUT2D eigenvalue weighted by molar-refractivity contribution is 6.00. The van der Waals surface area contributed by atoms with Gasteiger partial charge in [-0.05, 0) is 26.0 Å². The highest BCUT2D eigenvalue weighted by atomic mass is 16.5. The minimum absolute atomic E-state index is 0.143. The maximum absolute atomic E-state index is 13.3. The first-order chi connectivity index (χ1) is 13.5. The van der Waals surface area contributed by atoms with Crippen molar-refractivity contribution >= 4 is 5.78 Å². The maximum atomic E-state index is 13.3. The summed E-state index contributed by atoms with van der Waals surface area (Å²) in [5, 5.41) is 9.09. The van der Waals surface area contributed by atoms with E-state index >= 15 is 0 Å². The van der Waals surface area contributed by atoms with Crippen molar-refractivity contribution in [2.45, 2.75) is 20.0 Å². The van der Waals surface area contributed by atoms with E-state index in [0.717, 1.165) is 16.7 Å². The number of ketones is 1. The first-order valence-corrected chi connectivity index (χ1v) is 8.94. The molecule has 0 aliphatic rings. The molecule has 140 valence electrons. The van der Waals surface area contributed by atoms with Gasteiger partial charge in [0.2, 0.25) is 5.78 Å². The molecule has 0 radical (unpaired) electrons. The molecule has 0 bridgehead atoms. The SMILES string of the molecule is COc1cc(C#N)ccc1O[C@@H](C(=O)c1ccc(C)cc1)c1ccc(C)cc1. The summed E-state index contributed by atoms with van der Waals surface area (Å²) in [6, 6.07) is 22.1. The van der Waals surface area contributed by atoms with Gasteiger partial charge in [-0.25, -0.2) is 0 Å². The fourth-order valence-corrected chi connectivity index (χ4v) is 2.84. The van der Waals surface area contributed by atoms with Crippen LogP contribution in [0.15, 0.2) is 66.7 Å².